The minimum absolute atomic E-state index is 0.203. The minimum atomic E-state index is -0.203. The lowest BCUT2D eigenvalue weighted by Gasteiger charge is -2.07. The molecule has 0 bridgehead atoms. The van der Waals surface area contributed by atoms with Gasteiger partial charge in [-0.15, -0.1) is 0 Å². The maximum Gasteiger partial charge on any atom is 0.281 e. The molecule has 9 nitrogen and oxygen atoms in total. The molecule has 2 aromatic heterocycles. The Hall–Kier alpha value is -4.79. The van der Waals surface area contributed by atoms with Crippen LogP contribution in [0.1, 0.15) is 16.8 Å². The fraction of sp³-hybridized carbons (Fsp3) is 0.0417. The second-order valence-electron chi connectivity index (χ2n) is 7.28. The summed E-state index contributed by atoms with van der Waals surface area (Å²) < 4.78 is 3.05. The molecule has 0 aliphatic heterocycles. The van der Waals surface area contributed by atoms with Crippen LogP contribution >= 0.6 is 0 Å². The number of para-hydroxylation sites is 2. The number of hydrogen-bond acceptors (Lipinski definition) is 6. The molecule has 0 saturated carbocycles. The molecular formula is C24H20N8O. The zero-order valence-electron chi connectivity index (χ0n) is 17.8. The van der Waals surface area contributed by atoms with Crippen molar-refractivity contribution < 1.29 is 0 Å². The third-order valence-corrected chi connectivity index (χ3v) is 5.11. The third kappa shape index (κ3) is 3.94. The van der Waals surface area contributed by atoms with Crippen molar-refractivity contribution in [1.29, 1.82) is 0 Å². The average molecular weight is 436 g/mol. The van der Waals surface area contributed by atoms with E-state index in [2.05, 4.69) is 31.2 Å². The SMILES string of the molecule is Cc1[nH]n(-c2ccccc2)c(=O)c1/C(=N/Nc1nnnn1-c1ccccc1)c1ccccc1. The summed E-state index contributed by atoms with van der Waals surface area (Å²) in [5.74, 6) is 0.325. The van der Waals surface area contributed by atoms with Crippen LogP contribution in [-0.2, 0) is 0 Å². The summed E-state index contributed by atoms with van der Waals surface area (Å²) in [6, 6.07) is 28.4. The van der Waals surface area contributed by atoms with E-state index in [4.69, 9.17) is 0 Å². The number of aryl methyl sites for hydroxylation is 1. The van der Waals surface area contributed by atoms with Gasteiger partial charge in [0, 0.05) is 11.3 Å². The Morgan fingerprint density at radius 1 is 0.879 bits per heavy atom. The van der Waals surface area contributed by atoms with E-state index in [0.717, 1.165) is 16.9 Å². The summed E-state index contributed by atoms with van der Waals surface area (Å²) in [5, 5.41) is 19.6. The molecule has 33 heavy (non-hydrogen) atoms. The zero-order chi connectivity index (χ0) is 22.6. The third-order valence-electron chi connectivity index (χ3n) is 5.11. The van der Waals surface area contributed by atoms with Crippen LogP contribution in [0.4, 0.5) is 5.95 Å². The van der Waals surface area contributed by atoms with Crippen molar-refractivity contribution in [1.82, 2.24) is 30.0 Å². The number of aromatic nitrogens is 6. The number of hydrogen-bond donors (Lipinski definition) is 2. The molecule has 3 aromatic carbocycles. The minimum Gasteiger partial charge on any atom is -0.295 e. The molecule has 0 unspecified atom stereocenters. The Labute approximate surface area is 189 Å². The molecule has 0 spiro atoms. The number of nitrogens with zero attached hydrogens (tertiary/aromatic N) is 6. The molecule has 5 rings (SSSR count). The molecule has 2 N–H and O–H groups in total. The molecule has 0 fully saturated rings. The van der Waals surface area contributed by atoms with E-state index in [0.29, 0.717) is 22.9 Å². The van der Waals surface area contributed by atoms with Gasteiger partial charge < -0.3 is 0 Å². The summed E-state index contributed by atoms with van der Waals surface area (Å²) in [7, 11) is 0. The number of benzene rings is 3. The Morgan fingerprint density at radius 3 is 2.15 bits per heavy atom. The summed E-state index contributed by atoms with van der Waals surface area (Å²) >= 11 is 0. The number of aromatic amines is 1. The van der Waals surface area contributed by atoms with Crippen LogP contribution in [-0.4, -0.2) is 35.7 Å². The van der Waals surface area contributed by atoms with E-state index < -0.39 is 0 Å². The number of H-pyrrole nitrogens is 1. The largest absolute Gasteiger partial charge is 0.295 e. The van der Waals surface area contributed by atoms with Gasteiger partial charge in [-0.1, -0.05) is 71.8 Å². The summed E-state index contributed by atoms with van der Waals surface area (Å²) in [6.07, 6.45) is 0. The highest BCUT2D eigenvalue weighted by atomic mass is 16.1. The van der Waals surface area contributed by atoms with Crippen LogP contribution in [0.3, 0.4) is 0 Å². The highest BCUT2D eigenvalue weighted by Gasteiger charge is 2.20. The maximum atomic E-state index is 13.4. The molecule has 5 aromatic rings. The van der Waals surface area contributed by atoms with Gasteiger partial charge in [0.2, 0.25) is 0 Å². The van der Waals surface area contributed by atoms with Crippen LogP contribution in [0.25, 0.3) is 11.4 Å². The molecule has 0 aliphatic rings. The van der Waals surface area contributed by atoms with Crippen LogP contribution in [0.5, 0.6) is 0 Å². The van der Waals surface area contributed by atoms with Crippen LogP contribution in [0.15, 0.2) is 101 Å². The van der Waals surface area contributed by atoms with Gasteiger partial charge in [-0.3, -0.25) is 9.89 Å². The van der Waals surface area contributed by atoms with Crippen molar-refractivity contribution in [3.8, 4) is 11.4 Å². The van der Waals surface area contributed by atoms with Crippen LogP contribution < -0.4 is 11.0 Å². The Balaban J connectivity index is 1.60. The fourth-order valence-corrected chi connectivity index (χ4v) is 3.55. The lowest BCUT2D eigenvalue weighted by atomic mass is 10.0. The first-order valence-electron chi connectivity index (χ1n) is 10.3. The second kappa shape index (κ2) is 8.75. The molecule has 0 saturated heterocycles. The van der Waals surface area contributed by atoms with Gasteiger partial charge in [-0.2, -0.15) is 9.78 Å². The van der Waals surface area contributed by atoms with E-state index in [9.17, 15) is 4.79 Å². The number of hydrazone groups is 1. The van der Waals surface area contributed by atoms with E-state index in [-0.39, 0.29) is 5.56 Å². The molecule has 0 radical (unpaired) electrons. The highest BCUT2D eigenvalue weighted by molar-refractivity contribution is 6.13. The summed E-state index contributed by atoms with van der Waals surface area (Å²) in [6.45, 7) is 1.85. The first-order chi connectivity index (χ1) is 16.2. The summed E-state index contributed by atoms with van der Waals surface area (Å²) in [4.78, 5) is 13.4. The zero-order valence-corrected chi connectivity index (χ0v) is 17.8. The van der Waals surface area contributed by atoms with Gasteiger partial charge in [0.1, 0.15) is 5.71 Å². The van der Waals surface area contributed by atoms with Crippen molar-refractivity contribution in [3.05, 3.63) is 118 Å². The lowest BCUT2D eigenvalue weighted by molar-refractivity contribution is 0.790. The second-order valence-corrected chi connectivity index (χ2v) is 7.28. The fourth-order valence-electron chi connectivity index (χ4n) is 3.55. The van der Waals surface area contributed by atoms with Gasteiger partial charge in [0.05, 0.1) is 16.9 Å². The monoisotopic (exact) mass is 436 g/mol. The van der Waals surface area contributed by atoms with Gasteiger partial charge >= 0.3 is 0 Å². The average Bonchev–Trinajstić information content (AvgIpc) is 3.46. The molecule has 0 aliphatic carbocycles. The Bertz CT molecular complexity index is 1450. The number of nitrogens with one attached hydrogen (secondary N) is 2. The molecular weight excluding hydrogens is 416 g/mol. The Morgan fingerprint density at radius 2 is 1.48 bits per heavy atom. The number of rotatable bonds is 6. The number of anilines is 1. The van der Waals surface area contributed by atoms with Crippen molar-refractivity contribution in [2.75, 3.05) is 5.43 Å². The first kappa shape index (κ1) is 20.1. The molecule has 162 valence electrons. The maximum absolute atomic E-state index is 13.4. The van der Waals surface area contributed by atoms with E-state index >= 15 is 0 Å². The molecule has 2 heterocycles. The van der Waals surface area contributed by atoms with Gasteiger partial charge in [0.25, 0.3) is 11.5 Å². The predicted octanol–water partition coefficient (Wildman–Crippen LogP) is 3.31. The van der Waals surface area contributed by atoms with Crippen molar-refractivity contribution in [2.24, 2.45) is 5.10 Å². The molecule has 0 atom stereocenters. The summed E-state index contributed by atoms with van der Waals surface area (Å²) in [5.41, 5.74) is 6.67. The lowest BCUT2D eigenvalue weighted by Crippen LogP contribution is -2.22. The van der Waals surface area contributed by atoms with E-state index in [1.165, 1.54) is 4.68 Å². The topological polar surface area (TPSA) is 106 Å². The van der Waals surface area contributed by atoms with Crippen molar-refractivity contribution >= 4 is 11.7 Å². The predicted molar refractivity (Wildman–Crippen MR) is 126 cm³/mol. The molecule has 9 heteroatoms. The van der Waals surface area contributed by atoms with Gasteiger partial charge in [-0.25, -0.2) is 10.1 Å². The standard InChI is InChI=1S/C24H20N8O/c1-17-21(23(33)31(28-17)19-13-7-3-8-14-19)22(18-11-5-2-6-12-18)25-26-24-27-29-30-32(24)20-15-9-4-10-16-20/h2-16,28H,1H3,(H,26,27,30)/b25-22+. The van der Waals surface area contributed by atoms with Crippen molar-refractivity contribution in [2.45, 2.75) is 6.92 Å². The highest BCUT2D eigenvalue weighted by Crippen LogP contribution is 2.15. The Kier molecular flexibility index (Phi) is 5.34. The van der Waals surface area contributed by atoms with Crippen LogP contribution in [0.2, 0.25) is 0 Å². The quantitative estimate of drug-likeness (QED) is 0.314. The first-order valence-corrected chi connectivity index (χ1v) is 10.3. The van der Waals surface area contributed by atoms with E-state index in [1.807, 2.05) is 97.9 Å². The van der Waals surface area contributed by atoms with Crippen LogP contribution in [0, 0.1) is 6.92 Å². The number of tetrazole rings is 1. The van der Waals surface area contributed by atoms with Crippen molar-refractivity contribution in [3.63, 3.8) is 0 Å². The normalized spacial score (nSPS) is 11.5. The van der Waals surface area contributed by atoms with E-state index in [1.54, 1.807) is 4.68 Å². The molecule has 0 amide bonds. The van der Waals surface area contributed by atoms with Gasteiger partial charge in [0.15, 0.2) is 0 Å². The van der Waals surface area contributed by atoms with Gasteiger partial charge in [-0.05, 0) is 41.6 Å². The smallest absolute Gasteiger partial charge is 0.281 e.